The van der Waals surface area contributed by atoms with Gasteiger partial charge < -0.3 is 4.98 Å². The average molecular weight is 873 g/mol. The van der Waals surface area contributed by atoms with Crippen molar-refractivity contribution in [2.75, 3.05) is 0 Å². The fraction of sp³-hybridized carbons (Fsp3) is 0.190. The molecule has 0 fully saturated rings. The van der Waals surface area contributed by atoms with E-state index in [-0.39, 0.29) is 20.1 Å². The number of thiophene rings is 1. The first-order valence-electron chi connectivity index (χ1n) is 17.0. The quantitative estimate of drug-likeness (QED) is 0.0945. The third-order valence-corrected chi connectivity index (χ3v) is 13.9. The third-order valence-electron chi connectivity index (χ3n) is 8.18. The van der Waals surface area contributed by atoms with E-state index in [2.05, 4.69) is 108 Å². The first-order chi connectivity index (χ1) is 23.2. The van der Waals surface area contributed by atoms with Crippen LogP contribution in [0.15, 0.2) is 110 Å². The van der Waals surface area contributed by atoms with Crippen LogP contribution in [0.2, 0.25) is 17.3 Å². The zero-order chi connectivity index (χ0) is 35.1. The van der Waals surface area contributed by atoms with Gasteiger partial charge in [0.2, 0.25) is 0 Å². The van der Waals surface area contributed by atoms with Crippen molar-refractivity contribution in [2.45, 2.75) is 50.3 Å². The number of hydrogen-bond donors (Lipinski definition) is 0. The topological polar surface area (TPSA) is 25.8 Å². The van der Waals surface area contributed by atoms with Crippen LogP contribution in [-0.4, -0.2) is 23.2 Å². The Labute approximate surface area is 303 Å². The van der Waals surface area contributed by atoms with Gasteiger partial charge in [-0.05, 0) is 56.0 Å². The third kappa shape index (κ3) is 7.52. The Morgan fingerprint density at radius 1 is 0.894 bits per heavy atom. The summed E-state index contributed by atoms with van der Waals surface area (Å²) >= 11 is -0.0596. The smallest absolute Gasteiger partial charge is 0.0359 e. The molecule has 0 N–H and O–H groups in total. The molecule has 7 aromatic rings. The first kappa shape index (κ1) is 30.9. The molecule has 7 rings (SSSR count). The molecule has 0 saturated carbocycles. The van der Waals surface area contributed by atoms with Gasteiger partial charge in [-0.25, -0.2) is 0 Å². The molecular formula is C42H40GeIrN2S-2. The van der Waals surface area contributed by atoms with Crippen LogP contribution in [0.25, 0.3) is 53.5 Å². The van der Waals surface area contributed by atoms with E-state index in [1.165, 1.54) is 31.5 Å². The number of pyridine rings is 2. The van der Waals surface area contributed by atoms with E-state index in [9.17, 15) is 0 Å². The fourth-order valence-corrected chi connectivity index (χ4v) is 10.8. The Balaban J connectivity index is 0.000000229. The Hall–Kier alpha value is -3.41. The van der Waals surface area contributed by atoms with Crippen LogP contribution in [0, 0.1) is 19.1 Å². The second-order valence-electron chi connectivity index (χ2n) is 12.8. The number of fused-ring (bicyclic) bond motifs is 5. The molecule has 0 atom stereocenters. The molecule has 3 heterocycles. The summed E-state index contributed by atoms with van der Waals surface area (Å²) in [5.41, 5.74) is 6.58. The van der Waals surface area contributed by atoms with Gasteiger partial charge >= 0.3 is 106 Å². The van der Waals surface area contributed by atoms with Gasteiger partial charge in [-0.1, -0.05) is 61.7 Å². The van der Waals surface area contributed by atoms with Crippen molar-refractivity contribution >= 4 is 59.9 Å². The molecule has 0 aliphatic heterocycles. The van der Waals surface area contributed by atoms with Crippen LogP contribution in [0.1, 0.15) is 40.5 Å². The second kappa shape index (κ2) is 14.8. The number of aromatic nitrogens is 2. The van der Waals surface area contributed by atoms with Crippen LogP contribution in [0.5, 0.6) is 0 Å². The number of allylic oxidation sites excluding steroid dienone is 1. The molecule has 0 spiro atoms. The van der Waals surface area contributed by atoms with E-state index in [4.69, 9.17) is 4.11 Å². The van der Waals surface area contributed by atoms with Crippen LogP contribution in [0.4, 0.5) is 0 Å². The second-order valence-corrected chi connectivity index (χ2v) is 24.4. The Kier molecular flexibility index (Phi) is 9.72. The van der Waals surface area contributed by atoms with E-state index in [0.717, 1.165) is 37.9 Å². The maximum Gasteiger partial charge on any atom is 0.0359 e. The van der Waals surface area contributed by atoms with Gasteiger partial charge in [0.15, 0.2) is 0 Å². The number of nitrogens with zero attached hydrogens (tertiary/aromatic N) is 2. The molecule has 0 amide bonds. The largest absolute Gasteiger partial charge is 0.305 e. The summed E-state index contributed by atoms with van der Waals surface area (Å²) in [4.78, 5) is 9.12. The van der Waals surface area contributed by atoms with Crippen molar-refractivity contribution < 1.29 is 24.2 Å². The molecule has 0 unspecified atom stereocenters. The fourth-order valence-electron chi connectivity index (χ4n) is 5.85. The van der Waals surface area contributed by atoms with Gasteiger partial charge in [0, 0.05) is 35.1 Å². The van der Waals surface area contributed by atoms with E-state index >= 15 is 0 Å². The average Bonchev–Trinajstić information content (AvgIpc) is 3.47. The summed E-state index contributed by atoms with van der Waals surface area (Å²) in [6, 6.07) is 34.8. The van der Waals surface area contributed by atoms with E-state index in [1.807, 2.05) is 38.1 Å². The van der Waals surface area contributed by atoms with Crippen molar-refractivity contribution in [3.8, 4) is 22.5 Å². The van der Waals surface area contributed by atoms with Crippen molar-refractivity contribution in [2.24, 2.45) is 0 Å². The molecule has 0 aliphatic carbocycles. The summed E-state index contributed by atoms with van der Waals surface area (Å²) in [7, 11) is 0. The predicted octanol–water partition coefficient (Wildman–Crippen LogP) is 11.3. The Morgan fingerprint density at radius 2 is 1.68 bits per heavy atom. The van der Waals surface area contributed by atoms with Gasteiger partial charge in [0.1, 0.15) is 0 Å². The maximum atomic E-state index is 8.36. The molecule has 239 valence electrons. The number of hydrogen-bond acceptors (Lipinski definition) is 3. The van der Waals surface area contributed by atoms with Gasteiger partial charge in [-0.15, -0.1) is 30.3 Å². The van der Waals surface area contributed by atoms with E-state index in [1.54, 1.807) is 29.7 Å². The number of benzene rings is 4. The molecule has 1 radical (unpaired) electrons. The van der Waals surface area contributed by atoms with Gasteiger partial charge in [-0.3, -0.25) is 0 Å². The van der Waals surface area contributed by atoms with Crippen LogP contribution < -0.4 is 4.40 Å². The van der Waals surface area contributed by atoms with Gasteiger partial charge in [-0.2, -0.15) is 11.3 Å². The van der Waals surface area contributed by atoms with Crippen molar-refractivity contribution in [1.29, 1.82) is 0 Å². The normalized spacial score (nSPS) is 12.9. The van der Waals surface area contributed by atoms with Crippen LogP contribution in [0.3, 0.4) is 0 Å². The monoisotopic (exact) mass is 874 g/mol. The number of rotatable bonds is 6. The molecular weight excluding hydrogens is 829 g/mol. The summed E-state index contributed by atoms with van der Waals surface area (Å²) < 4.78 is 28.5. The van der Waals surface area contributed by atoms with Crippen molar-refractivity contribution in [3.05, 3.63) is 139 Å². The molecule has 5 heteroatoms. The van der Waals surface area contributed by atoms with E-state index < -0.39 is 25.5 Å². The standard InChI is InChI=1S/C27H22NS.C15H18GeN.Ir/c1-4-6-18-13-14-28-25(15-18)24-8-5-7-22-23-12-10-20-16-19(17(2)3)9-11-21(20)26(23)29-27(22)24;1-12-10-15(13-8-6-5-7-9-13)17-11-14(12)16(2,3)4;/h4-5,7,9-17H,1,6H2,2-3H3;5-8,10-11H,1-4H3;/q2*-1;/i6D2,17D;;. The summed E-state index contributed by atoms with van der Waals surface area (Å²) in [6.45, 7) is 9.64. The predicted molar refractivity (Wildman–Crippen MR) is 203 cm³/mol. The number of aryl methyl sites for hydroxylation is 1. The Morgan fingerprint density at radius 3 is 2.38 bits per heavy atom. The first-order valence-corrected chi connectivity index (χ1v) is 23.7. The zero-order valence-electron chi connectivity index (χ0n) is 30.7. The molecule has 47 heavy (non-hydrogen) atoms. The summed E-state index contributed by atoms with van der Waals surface area (Å²) in [5, 5.41) is 4.63. The molecule has 0 saturated heterocycles. The molecule has 0 aliphatic rings. The molecule has 0 bridgehead atoms. The summed E-state index contributed by atoms with van der Waals surface area (Å²) in [6.07, 6.45) is 3.41. The maximum absolute atomic E-state index is 8.36. The molecule has 3 aromatic heterocycles. The van der Waals surface area contributed by atoms with E-state index in [0.29, 0.717) is 11.3 Å². The minimum atomic E-state index is -1.77. The van der Waals surface area contributed by atoms with Crippen molar-refractivity contribution in [3.63, 3.8) is 0 Å². The van der Waals surface area contributed by atoms with Crippen molar-refractivity contribution in [1.82, 2.24) is 9.97 Å². The Bertz CT molecular complexity index is 2320. The van der Waals surface area contributed by atoms with Gasteiger partial charge in [0.05, 0.1) is 0 Å². The summed E-state index contributed by atoms with van der Waals surface area (Å²) in [5.74, 6) is 6.56. The molecule has 4 aromatic carbocycles. The minimum Gasteiger partial charge on any atom is -0.305 e. The minimum absolute atomic E-state index is 0. The van der Waals surface area contributed by atoms with Gasteiger partial charge in [0.25, 0.3) is 0 Å². The molecule has 2 nitrogen and oxygen atoms in total. The van der Waals surface area contributed by atoms with Crippen LogP contribution >= 0.6 is 11.3 Å². The van der Waals surface area contributed by atoms with Crippen LogP contribution in [-0.2, 0) is 26.5 Å². The zero-order valence-corrected chi connectivity index (χ0v) is 33.0. The SMILES string of the molecule is Cc1cc(-c2[c-]cccc2)nc[c]1[Ge]([CH3])([CH3])[CH3].[2H]C(C)(C)c1ccc2c(ccc3c4cc[c-]c(-c5cc(C([2H])([2H])C=C)ccn5)c4sc23)c1.[Ir].